The van der Waals surface area contributed by atoms with Crippen molar-refractivity contribution in [1.29, 1.82) is 0 Å². The van der Waals surface area contributed by atoms with Crippen LogP contribution in [0.2, 0.25) is 0 Å². The van der Waals surface area contributed by atoms with E-state index in [0.29, 0.717) is 0 Å². The zero-order valence-electron chi connectivity index (χ0n) is 20.6. The molecular weight excluding hydrogens is 427 g/mol. The zero-order valence-corrected chi connectivity index (χ0v) is 21.6. The molecule has 0 aliphatic carbocycles. The van der Waals surface area contributed by atoms with Gasteiger partial charge in [0.15, 0.2) is 0 Å². The van der Waals surface area contributed by atoms with E-state index in [9.17, 15) is 0 Å². The van der Waals surface area contributed by atoms with E-state index in [0.717, 1.165) is 6.16 Å². The molecule has 4 aromatic carbocycles. The Labute approximate surface area is 207 Å². The van der Waals surface area contributed by atoms with Gasteiger partial charge in [-0.1, -0.05) is 6.92 Å². The number of hydrogen-bond donors (Lipinski definition) is 0. The fraction of sp³-hybridized carbons (Fsp3) is 0.273. The van der Waals surface area contributed by atoms with Crippen LogP contribution in [0.25, 0.3) is 0 Å². The van der Waals surface area contributed by atoms with E-state index in [1.807, 2.05) is 0 Å². The molecule has 0 nitrogen and oxygen atoms in total. The fourth-order valence-electron chi connectivity index (χ4n) is 5.21. The molecular formula is C33H39P. The molecule has 0 bridgehead atoms. The molecule has 0 N–H and O–H groups in total. The van der Waals surface area contributed by atoms with Crippen molar-refractivity contribution in [1.82, 2.24) is 0 Å². The second-order valence-electron chi connectivity index (χ2n) is 9.51. The van der Waals surface area contributed by atoms with Gasteiger partial charge in [-0.2, -0.15) is 0 Å². The monoisotopic (exact) mass is 466 g/mol. The van der Waals surface area contributed by atoms with Gasteiger partial charge in [0.1, 0.15) is 0 Å². The van der Waals surface area contributed by atoms with Crippen molar-refractivity contribution in [3.63, 3.8) is 0 Å². The number of aryl methyl sites for hydroxylation is 1. The number of unbranched alkanes of at least 4 members (excludes halogenated alkanes) is 5. The first-order chi connectivity index (χ1) is 16.8. The SMILES string of the molecule is CCCCCCCCc1ccc(C[PH](c2ccccc2)(c2ccccc2)c2ccccc2)cc1. The summed E-state index contributed by atoms with van der Waals surface area (Å²) in [5.74, 6) is 0. The molecule has 4 aromatic rings. The summed E-state index contributed by atoms with van der Waals surface area (Å²) in [6.07, 6.45) is 10.4. The molecule has 0 spiro atoms. The standard InChI is InChI=1S/C33H39P/c1-2-3-4-5-6-10-17-29-24-26-30(27-25-29)28-34(31-18-11-7-12-19-31,32-20-13-8-14-21-32)33-22-15-9-16-23-33/h7-9,11-16,18-27,34H,2-6,10,17,28H2,1H3. The van der Waals surface area contributed by atoms with Crippen LogP contribution in [0.15, 0.2) is 115 Å². The quantitative estimate of drug-likeness (QED) is 0.147. The minimum atomic E-state index is -2.23. The third-order valence-electron chi connectivity index (χ3n) is 7.11. The third kappa shape index (κ3) is 6.05. The first kappa shape index (κ1) is 24.4. The van der Waals surface area contributed by atoms with Gasteiger partial charge in [0, 0.05) is 0 Å². The van der Waals surface area contributed by atoms with Crippen LogP contribution in [0.5, 0.6) is 0 Å². The first-order valence-corrected chi connectivity index (χ1v) is 15.3. The molecule has 0 atom stereocenters. The van der Waals surface area contributed by atoms with Crippen molar-refractivity contribution < 1.29 is 0 Å². The van der Waals surface area contributed by atoms with E-state index in [2.05, 4.69) is 122 Å². The van der Waals surface area contributed by atoms with Gasteiger partial charge in [0.25, 0.3) is 0 Å². The third-order valence-corrected chi connectivity index (χ3v) is 12.0. The molecule has 34 heavy (non-hydrogen) atoms. The normalized spacial score (nSPS) is 11.9. The summed E-state index contributed by atoms with van der Waals surface area (Å²) in [7, 11) is -2.23. The van der Waals surface area contributed by atoms with Gasteiger partial charge in [0.05, 0.1) is 0 Å². The van der Waals surface area contributed by atoms with Crippen molar-refractivity contribution >= 4 is 23.2 Å². The van der Waals surface area contributed by atoms with Gasteiger partial charge in [-0.05, 0) is 0 Å². The second kappa shape index (κ2) is 12.7. The number of rotatable bonds is 12. The van der Waals surface area contributed by atoms with Crippen LogP contribution in [0.3, 0.4) is 0 Å². The molecule has 0 heterocycles. The van der Waals surface area contributed by atoms with Crippen molar-refractivity contribution in [3.05, 3.63) is 126 Å². The summed E-state index contributed by atoms with van der Waals surface area (Å²) in [4.78, 5) is 0. The molecule has 0 unspecified atom stereocenters. The van der Waals surface area contributed by atoms with Crippen LogP contribution >= 0.6 is 7.26 Å². The van der Waals surface area contributed by atoms with Gasteiger partial charge >= 0.3 is 201 Å². The summed E-state index contributed by atoms with van der Waals surface area (Å²) in [5.41, 5.74) is 2.92. The summed E-state index contributed by atoms with van der Waals surface area (Å²) in [6.45, 7) is 2.28. The number of hydrogen-bond acceptors (Lipinski definition) is 0. The Bertz CT molecular complexity index is 989. The average Bonchev–Trinajstić information content (AvgIpc) is 2.91. The molecule has 0 aliphatic heterocycles. The maximum absolute atomic E-state index is 2.39. The van der Waals surface area contributed by atoms with Gasteiger partial charge < -0.3 is 0 Å². The fourth-order valence-corrected chi connectivity index (χ4v) is 9.96. The Kier molecular flexibility index (Phi) is 9.12. The Morgan fingerprint density at radius 2 is 0.853 bits per heavy atom. The van der Waals surface area contributed by atoms with E-state index >= 15 is 0 Å². The van der Waals surface area contributed by atoms with Crippen LogP contribution in [0.1, 0.15) is 56.6 Å². The second-order valence-corrected chi connectivity index (χ2v) is 13.4. The Hall–Kier alpha value is -2.69. The van der Waals surface area contributed by atoms with Crippen LogP contribution in [-0.4, -0.2) is 0 Å². The molecule has 1 heteroatoms. The van der Waals surface area contributed by atoms with E-state index in [4.69, 9.17) is 0 Å². The summed E-state index contributed by atoms with van der Waals surface area (Å²) in [6, 6.07) is 43.2. The van der Waals surface area contributed by atoms with Crippen LogP contribution in [0, 0.1) is 0 Å². The molecule has 0 saturated carbocycles. The van der Waals surface area contributed by atoms with Crippen LogP contribution in [-0.2, 0) is 12.6 Å². The van der Waals surface area contributed by atoms with Gasteiger partial charge in [-0.15, -0.1) is 0 Å². The molecule has 0 aromatic heterocycles. The van der Waals surface area contributed by atoms with E-state index < -0.39 is 7.26 Å². The summed E-state index contributed by atoms with van der Waals surface area (Å²) >= 11 is 0. The van der Waals surface area contributed by atoms with Crippen molar-refractivity contribution in [2.75, 3.05) is 0 Å². The van der Waals surface area contributed by atoms with Gasteiger partial charge in [-0.3, -0.25) is 0 Å². The predicted molar refractivity (Wildman–Crippen MR) is 154 cm³/mol. The molecule has 4 rings (SSSR count). The van der Waals surface area contributed by atoms with Crippen molar-refractivity contribution in [2.45, 2.75) is 58.0 Å². The molecule has 0 saturated heterocycles. The van der Waals surface area contributed by atoms with Gasteiger partial charge in [-0.25, -0.2) is 0 Å². The molecule has 0 radical (unpaired) electrons. The summed E-state index contributed by atoms with van der Waals surface area (Å²) < 4.78 is 0. The van der Waals surface area contributed by atoms with E-state index in [1.165, 1.54) is 72.0 Å². The minimum absolute atomic E-state index is 1.07. The summed E-state index contributed by atoms with van der Waals surface area (Å²) in [5, 5.41) is 4.43. The van der Waals surface area contributed by atoms with E-state index in [1.54, 1.807) is 0 Å². The van der Waals surface area contributed by atoms with Crippen LogP contribution in [0.4, 0.5) is 0 Å². The Balaban J connectivity index is 1.62. The molecule has 0 fully saturated rings. The molecule has 176 valence electrons. The molecule has 0 amide bonds. The maximum atomic E-state index is 2.39. The average molecular weight is 467 g/mol. The Morgan fingerprint density at radius 3 is 1.32 bits per heavy atom. The predicted octanol–water partition coefficient (Wildman–Crippen LogP) is 7.82. The Morgan fingerprint density at radius 1 is 0.441 bits per heavy atom. The number of benzene rings is 4. The topological polar surface area (TPSA) is 0 Å². The van der Waals surface area contributed by atoms with Crippen LogP contribution < -0.4 is 15.9 Å². The van der Waals surface area contributed by atoms with Crippen molar-refractivity contribution in [3.8, 4) is 0 Å². The first-order valence-electron chi connectivity index (χ1n) is 13.1. The molecule has 0 aliphatic rings. The van der Waals surface area contributed by atoms with E-state index in [-0.39, 0.29) is 0 Å². The van der Waals surface area contributed by atoms with Gasteiger partial charge in [0.2, 0.25) is 0 Å². The van der Waals surface area contributed by atoms with Crippen molar-refractivity contribution in [2.24, 2.45) is 0 Å². The zero-order chi connectivity index (χ0) is 23.5.